The summed E-state index contributed by atoms with van der Waals surface area (Å²) in [6.45, 7) is 0. The Balaban J connectivity index is 1.77. The largest absolute Gasteiger partial charge is 0.380 e. The van der Waals surface area contributed by atoms with Crippen molar-refractivity contribution in [2.24, 2.45) is 0 Å². The van der Waals surface area contributed by atoms with E-state index in [-0.39, 0.29) is 17.8 Å². The van der Waals surface area contributed by atoms with E-state index in [4.69, 9.17) is 0 Å². The van der Waals surface area contributed by atoms with E-state index in [0.717, 1.165) is 41.9 Å². The number of hydrogen-bond donors (Lipinski definition) is 2. The molecule has 1 aromatic rings. The summed E-state index contributed by atoms with van der Waals surface area (Å²) in [5, 5.41) is 13.4. The molecule has 0 bridgehead atoms. The van der Waals surface area contributed by atoms with Gasteiger partial charge in [0.05, 0.1) is 6.04 Å². The Morgan fingerprint density at radius 1 is 1.38 bits per heavy atom. The van der Waals surface area contributed by atoms with E-state index in [1.807, 2.05) is 0 Å². The van der Waals surface area contributed by atoms with Crippen LogP contribution in [-0.4, -0.2) is 28.1 Å². The van der Waals surface area contributed by atoms with E-state index in [0.29, 0.717) is 12.8 Å². The van der Waals surface area contributed by atoms with Gasteiger partial charge in [-0.05, 0) is 66.9 Å². The number of benzene rings is 1. The van der Waals surface area contributed by atoms with Crippen molar-refractivity contribution in [2.45, 2.75) is 43.7 Å². The maximum absolute atomic E-state index is 13.5. The fraction of sp³-hybridized carbons (Fsp3) is 0.562. The SMILES string of the molecule is O=C(NC1CCCc2ccc(F)cc21)C1(O)CCSCC1. The summed E-state index contributed by atoms with van der Waals surface area (Å²) in [5.41, 5.74) is 0.707. The third-order valence-corrected chi connectivity index (χ3v) is 5.46. The molecule has 0 radical (unpaired) electrons. The Morgan fingerprint density at radius 3 is 2.90 bits per heavy atom. The molecule has 114 valence electrons. The van der Waals surface area contributed by atoms with Crippen LogP contribution in [0.4, 0.5) is 4.39 Å². The molecule has 1 aliphatic heterocycles. The molecule has 2 N–H and O–H groups in total. The average molecular weight is 309 g/mol. The number of carbonyl (C=O) groups is 1. The minimum absolute atomic E-state index is 0.185. The van der Waals surface area contributed by atoms with Crippen LogP contribution in [0.5, 0.6) is 0 Å². The summed E-state index contributed by atoms with van der Waals surface area (Å²) in [7, 11) is 0. The molecule has 0 saturated carbocycles. The van der Waals surface area contributed by atoms with Crippen molar-refractivity contribution < 1.29 is 14.3 Å². The number of nitrogens with one attached hydrogen (secondary N) is 1. The van der Waals surface area contributed by atoms with Crippen LogP contribution in [-0.2, 0) is 11.2 Å². The number of carbonyl (C=O) groups excluding carboxylic acids is 1. The zero-order chi connectivity index (χ0) is 14.9. The summed E-state index contributed by atoms with van der Waals surface area (Å²) in [5.74, 6) is 1.03. The highest BCUT2D eigenvalue weighted by Gasteiger charge is 2.38. The van der Waals surface area contributed by atoms with Gasteiger partial charge in [0.25, 0.3) is 5.91 Å². The zero-order valence-electron chi connectivity index (χ0n) is 11.9. The Morgan fingerprint density at radius 2 is 2.14 bits per heavy atom. The number of amides is 1. The summed E-state index contributed by atoms with van der Waals surface area (Å²) in [6.07, 6.45) is 3.67. The van der Waals surface area contributed by atoms with Crippen LogP contribution in [0.1, 0.15) is 42.9 Å². The molecule has 1 fully saturated rings. The van der Waals surface area contributed by atoms with Gasteiger partial charge in [0, 0.05) is 0 Å². The molecule has 3 rings (SSSR count). The quantitative estimate of drug-likeness (QED) is 0.883. The molecule has 1 saturated heterocycles. The van der Waals surface area contributed by atoms with Gasteiger partial charge < -0.3 is 10.4 Å². The van der Waals surface area contributed by atoms with Gasteiger partial charge in [0.2, 0.25) is 0 Å². The fourth-order valence-electron chi connectivity index (χ4n) is 3.15. The van der Waals surface area contributed by atoms with E-state index in [1.165, 1.54) is 12.1 Å². The van der Waals surface area contributed by atoms with Gasteiger partial charge >= 0.3 is 0 Å². The highest BCUT2D eigenvalue weighted by Crippen LogP contribution is 2.32. The fourth-order valence-corrected chi connectivity index (χ4v) is 4.32. The van der Waals surface area contributed by atoms with E-state index < -0.39 is 5.60 Å². The predicted molar refractivity (Wildman–Crippen MR) is 81.7 cm³/mol. The van der Waals surface area contributed by atoms with E-state index in [9.17, 15) is 14.3 Å². The van der Waals surface area contributed by atoms with Crippen molar-refractivity contribution in [1.82, 2.24) is 5.32 Å². The number of fused-ring (bicyclic) bond motifs is 1. The third kappa shape index (κ3) is 3.09. The number of thioether (sulfide) groups is 1. The van der Waals surface area contributed by atoms with Crippen molar-refractivity contribution in [3.8, 4) is 0 Å². The highest BCUT2D eigenvalue weighted by atomic mass is 32.2. The lowest BCUT2D eigenvalue weighted by Crippen LogP contribution is -2.50. The molecular formula is C16H20FNO2S. The van der Waals surface area contributed by atoms with Crippen LogP contribution in [0.25, 0.3) is 0 Å². The van der Waals surface area contributed by atoms with Crippen LogP contribution >= 0.6 is 11.8 Å². The topological polar surface area (TPSA) is 49.3 Å². The molecule has 1 aromatic carbocycles. The molecule has 0 aromatic heterocycles. The normalized spacial score (nSPS) is 24.2. The van der Waals surface area contributed by atoms with Crippen molar-refractivity contribution >= 4 is 17.7 Å². The van der Waals surface area contributed by atoms with Gasteiger partial charge in [0.1, 0.15) is 11.4 Å². The molecular weight excluding hydrogens is 289 g/mol. The zero-order valence-corrected chi connectivity index (χ0v) is 12.7. The molecule has 1 atom stereocenters. The third-order valence-electron chi connectivity index (χ3n) is 4.47. The van der Waals surface area contributed by atoms with Crippen LogP contribution < -0.4 is 5.32 Å². The maximum Gasteiger partial charge on any atom is 0.252 e. The lowest BCUT2D eigenvalue weighted by molar-refractivity contribution is -0.141. The van der Waals surface area contributed by atoms with Gasteiger partial charge in [-0.25, -0.2) is 4.39 Å². The first kappa shape index (κ1) is 14.9. The van der Waals surface area contributed by atoms with Crippen LogP contribution in [0.2, 0.25) is 0 Å². The average Bonchev–Trinajstić information content (AvgIpc) is 2.48. The minimum Gasteiger partial charge on any atom is -0.380 e. The van der Waals surface area contributed by atoms with Gasteiger partial charge in [-0.3, -0.25) is 4.79 Å². The lowest BCUT2D eigenvalue weighted by Gasteiger charge is -2.34. The van der Waals surface area contributed by atoms with Crippen molar-refractivity contribution in [2.75, 3.05) is 11.5 Å². The smallest absolute Gasteiger partial charge is 0.252 e. The van der Waals surface area contributed by atoms with E-state index in [1.54, 1.807) is 17.8 Å². The Labute approximate surface area is 128 Å². The monoisotopic (exact) mass is 309 g/mol. The first-order valence-corrected chi connectivity index (χ1v) is 8.63. The second kappa shape index (κ2) is 5.97. The van der Waals surface area contributed by atoms with Gasteiger partial charge in [0.15, 0.2) is 0 Å². The molecule has 0 spiro atoms. The number of hydrogen-bond acceptors (Lipinski definition) is 3. The number of rotatable bonds is 2. The van der Waals surface area contributed by atoms with Crippen LogP contribution in [0, 0.1) is 5.82 Å². The molecule has 5 heteroatoms. The number of halogens is 1. The predicted octanol–water partition coefficient (Wildman–Crippen LogP) is 2.58. The highest BCUT2D eigenvalue weighted by molar-refractivity contribution is 7.99. The van der Waals surface area contributed by atoms with E-state index >= 15 is 0 Å². The van der Waals surface area contributed by atoms with Gasteiger partial charge in [-0.15, -0.1) is 0 Å². The minimum atomic E-state index is -1.25. The standard InChI is InChI=1S/C16H20FNO2S/c17-12-5-4-11-2-1-3-14(13(11)10-12)18-15(19)16(20)6-8-21-9-7-16/h4-5,10,14,20H,1-3,6-9H2,(H,18,19). The van der Waals surface area contributed by atoms with Crippen molar-refractivity contribution in [3.63, 3.8) is 0 Å². The lowest BCUT2D eigenvalue weighted by atomic mass is 9.86. The molecule has 3 nitrogen and oxygen atoms in total. The second-order valence-electron chi connectivity index (χ2n) is 5.91. The summed E-state index contributed by atoms with van der Waals surface area (Å²) < 4.78 is 13.5. The first-order chi connectivity index (χ1) is 10.1. The second-order valence-corrected chi connectivity index (χ2v) is 7.13. The molecule has 1 unspecified atom stereocenters. The van der Waals surface area contributed by atoms with Crippen LogP contribution in [0.15, 0.2) is 18.2 Å². The summed E-state index contributed by atoms with van der Waals surface area (Å²) in [6, 6.07) is 4.60. The Hall–Kier alpha value is -1.07. The maximum atomic E-state index is 13.5. The summed E-state index contributed by atoms with van der Waals surface area (Å²) in [4.78, 5) is 12.4. The molecule has 1 heterocycles. The van der Waals surface area contributed by atoms with Crippen LogP contribution in [0.3, 0.4) is 0 Å². The first-order valence-electron chi connectivity index (χ1n) is 7.48. The van der Waals surface area contributed by atoms with Gasteiger partial charge in [-0.1, -0.05) is 6.07 Å². The number of aliphatic hydroxyl groups is 1. The van der Waals surface area contributed by atoms with Gasteiger partial charge in [-0.2, -0.15) is 11.8 Å². The summed E-state index contributed by atoms with van der Waals surface area (Å²) >= 11 is 1.76. The Kier molecular flexibility index (Phi) is 4.22. The molecule has 1 aliphatic carbocycles. The molecule has 1 amide bonds. The molecule has 2 aliphatic rings. The van der Waals surface area contributed by atoms with Crippen molar-refractivity contribution in [3.05, 3.63) is 35.1 Å². The number of aryl methyl sites for hydroxylation is 1. The van der Waals surface area contributed by atoms with Crippen molar-refractivity contribution in [1.29, 1.82) is 0 Å². The Bertz CT molecular complexity index is 543. The molecule has 21 heavy (non-hydrogen) atoms. The van der Waals surface area contributed by atoms with E-state index in [2.05, 4.69) is 5.32 Å².